The molecule has 0 bridgehead atoms. The normalized spacial score (nSPS) is 10.8. The fourth-order valence-electron chi connectivity index (χ4n) is 2.00. The van der Waals surface area contributed by atoms with E-state index in [1.165, 1.54) is 6.07 Å². The molecule has 4 N–H and O–H groups in total. The number of carboxylic acid groups (broad SMARTS) is 1. The number of benzene rings is 1. The Morgan fingerprint density at radius 3 is 2.65 bits per heavy atom. The molecule has 112 valence electrons. The molecule has 1 aromatic rings. The van der Waals surface area contributed by atoms with Crippen molar-refractivity contribution in [1.29, 1.82) is 0 Å². The number of aromatic carboxylic acids is 1. The van der Waals surface area contributed by atoms with Gasteiger partial charge in [0.05, 0.1) is 11.3 Å². The molecule has 0 fully saturated rings. The lowest BCUT2D eigenvalue weighted by atomic mass is 10.1. The van der Waals surface area contributed by atoms with Crippen LogP contribution in [-0.4, -0.2) is 42.2 Å². The van der Waals surface area contributed by atoms with Crippen LogP contribution < -0.4 is 11.1 Å². The summed E-state index contributed by atoms with van der Waals surface area (Å²) in [6.07, 6.45) is 1.06. The van der Waals surface area contributed by atoms with Crippen molar-refractivity contribution in [1.82, 2.24) is 4.90 Å². The van der Waals surface area contributed by atoms with E-state index < -0.39 is 11.8 Å². The zero-order chi connectivity index (χ0) is 15.1. The number of nitrogens with one attached hydrogen (secondary N) is 1. The molecule has 0 aliphatic rings. The highest BCUT2D eigenvalue weighted by Gasteiger charge is 2.13. The van der Waals surface area contributed by atoms with E-state index >= 15 is 0 Å². The molecule has 5 nitrogen and oxygen atoms in total. The molecule has 0 aromatic heterocycles. The third-order valence-electron chi connectivity index (χ3n) is 3.10. The smallest absolute Gasteiger partial charge is 0.337 e. The first kappa shape index (κ1) is 16.2. The maximum atomic E-state index is 13.7. The molecule has 1 aromatic carbocycles. The summed E-state index contributed by atoms with van der Waals surface area (Å²) in [5, 5.41) is 11.9. The van der Waals surface area contributed by atoms with Crippen LogP contribution in [0.15, 0.2) is 12.1 Å². The summed E-state index contributed by atoms with van der Waals surface area (Å²) in [5.41, 5.74) is 5.49. The molecule has 0 aliphatic heterocycles. The Kier molecular flexibility index (Phi) is 6.24. The van der Waals surface area contributed by atoms with Crippen LogP contribution in [0.4, 0.5) is 15.8 Å². The Bertz CT molecular complexity index is 466. The minimum absolute atomic E-state index is 0.0679. The third kappa shape index (κ3) is 4.38. The van der Waals surface area contributed by atoms with Gasteiger partial charge in [0.25, 0.3) is 0 Å². The standard InChI is InChI=1S/C14H22FN3O2/c1-3-6-18(4-2)7-5-17-13-8-10(14(19)20)12(16)9-11(13)15/h8-9,17H,3-7,16H2,1-2H3,(H,19,20). The minimum atomic E-state index is -1.16. The quantitative estimate of drug-likeness (QED) is 0.638. The number of anilines is 2. The number of likely N-dealkylation sites (N-methyl/N-ethyl adjacent to an activating group) is 1. The Labute approximate surface area is 118 Å². The Hall–Kier alpha value is -1.82. The van der Waals surface area contributed by atoms with Crippen LogP contribution >= 0.6 is 0 Å². The van der Waals surface area contributed by atoms with Gasteiger partial charge in [-0.1, -0.05) is 13.8 Å². The maximum Gasteiger partial charge on any atom is 0.337 e. The van der Waals surface area contributed by atoms with E-state index in [1.807, 2.05) is 0 Å². The predicted molar refractivity (Wildman–Crippen MR) is 78.7 cm³/mol. The summed E-state index contributed by atoms with van der Waals surface area (Å²) >= 11 is 0. The summed E-state index contributed by atoms with van der Waals surface area (Å²) in [4.78, 5) is 13.2. The summed E-state index contributed by atoms with van der Waals surface area (Å²) in [6.45, 7) is 7.42. The molecule has 1 rings (SSSR count). The van der Waals surface area contributed by atoms with Gasteiger partial charge >= 0.3 is 5.97 Å². The van der Waals surface area contributed by atoms with Gasteiger partial charge in [-0.05, 0) is 31.6 Å². The largest absolute Gasteiger partial charge is 0.478 e. The zero-order valence-electron chi connectivity index (χ0n) is 11.9. The van der Waals surface area contributed by atoms with Gasteiger partial charge in [0.1, 0.15) is 5.82 Å². The number of halogens is 1. The third-order valence-corrected chi connectivity index (χ3v) is 3.10. The van der Waals surface area contributed by atoms with Gasteiger partial charge in [0.2, 0.25) is 0 Å². The van der Waals surface area contributed by atoms with E-state index in [0.29, 0.717) is 6.54 Å². The number of nitrogens with two attached hydrogens (primary N) is 1. The molecule has 0 amide bonds. The maximum absolute atomic E-state index is 13.7. The van der Waals surface area contributed by atoms with E-state index in [-0.39, 0.29) is 16.9 Å². The van der Waals surface area contributed by atoms with Crippen molar-refractivity contribution >= 4 is 17.3 Å². The molecular formula is C14H22FN3O2. The molecule has 0 aliphatic carbocycles. The summed E-state index contributed by atoms with van der Waals surface area (Å²) in [5.74, 6) is -1.70. The van der Waals surface area contributed by atoms with Crippen molar-refractivity contribution in [3.63, 3.8) is 0 Å². The van der Waals surface area contributed by atoms with Crippen molar-refractivity contribution in [3.8, 4) is 0 Å². The van der Waals surface area contributed by atoms with Crippen LogP contribution in [0.25, 0.3) is 0 Å². The van der Waals surface area contributed by atoms with E-state index in [0.717, 1.165) is 32.1 Å². The van der Waals surface area contributed by atoms with Crippen LogP contribution in [0.3, 0.4) is 0 Å². The number of carboxylic acids is 1. The Balaban J connectivity index is 2.68. The zero-order valence-corrected chi connectivity index (χ0v) is 11.9. The lowest BCUT2D eigenvalue weighted by Crippen LogP contribution is -2.29. The van der Waals surface area contributed by atoms with E-state index in [2.05, 4.69) is 24.1 Å². The molecule has 0 heterocycles. The highest BCUT2D eigenvalue weighted by Crippen LogP contribution is 2.22. The lowest BCUT2D eigenvalue weighted by Gasteiger charge is -2.20. The Morgan fingerprint density at radius 2 is 2.10 bits per heavy atom. The molecule has 0 spiro atoms. The molecular weight excluding hydrogens is 261 g/mol. The van der Waals surface area contributed by atoms with E-state index in [9.17, 15) is 9.18 Å². The number of rotatable bonds is 8. The number of hydrogen-bond acceptors (Lipinski definition) is 4. The van der Waals surface area contributed by atoms with E-state index in [4.69, 9.17) is 10.8 Å². The summed E-state index contributed by atoms with van der Waals surface area (Å²) in [7, 11) is 0. The number of hydrogen-bond donors (Lipinski definition) is 3. The first-order valence-electron chi connectivity index (χ1n) is 6.78. The summed E-state index contributed by atoms with van der Waals surface area (Å²) < 4.78 is 13.7. The first-order valence-corrected chi connectivity index (χ1v) is 6.78. The number of nitrogen functional groups attached to an aromatic ring is 1. The van der Waals surface area contributed by atoms with Crippen LogP contribution in [-0.2, 0) is 0 Å². The topological polar surface area (TPSA) is 78.6 Å². The fraction of sp³-hybridized carbons (Fsp3) is 0.500. The molecule has 20 heavy (non-hydrogen) atoms. The highest BCUT2D eigenvalue weighted by molar-refractivity contribution is 5.94. The fourth-order valence-corrected chi connectivity index (χ4v) is 2.00. The van der Waals surface area contributed by atoms with Crippen molar-refractivity contribution in [2.75, 3.05) is 37.2 Å². The molecule has 0 unspecified atom stereocenters. The number of nitrogens with zero attached hydrogens (tertiary/aromatic N) is 1. The Morgan fingerprint density at radius 1 is 1.40 bits per heavy atom. The van der Waals surface area contributed by atoms with Crippen molar-refractivity contribution in [3.05, 3.63) is 23.5 Å². The van der Waals surface area contributed by atoms with Gasteiger partial charge in [0, 0.05) is 18.8 Å². The molecule has 0 radical (unpaired) electrons. The van der Waals surface area contributed by atoms with Crippen molar-refractivity contribution < 1.29 is 14.3 Å². The average molecular weight is 283 g/mol. The SMILES string of the molecule is CCCN(CC)CCNc1cc(C(=O)O)c(N)cc1F. The molecule has 0 atom stereocenters. The second kappa shape index (κ2) is 7.69. The second-order valence-corrected chi connectivity index (χ2v) is 4.59. The summed E-state index contributed by atoms with van der Waals surface area (Å²) in [6, 6.07) is 2.28. The van der Waals surface area contributed by atoms with Crippen LogP contribution in [0.5, 0.6) is 0 Å². The van der Waals surface area contributed by atoms with Crippen molar-refractivity contribution in [2.45, 2.75) is 20.3 Å². The van der Waals surface area contributed by atoms with Gasteiger partial charge < -0.3 is 21.1 Å². The van der Waals surface area contributed by atoms with Crippen LogP contribution in [0.1, 0.15) is 30.6 Å². The highest BCUT2D eigenvalue weighted by atomic mass is 19.1. The minimum Gasteiger partial charge on any atom is -0.478 e. The van der Waals surface area contributed by atoms with E-state index in [1.54, 1.807) is 0 Å². The molecule has 6 heteroatoms. The molecule has 0 saturated carbocycles. The second-order valence-electron chi connectivity index (χ2n) is 4.59. The predicted octanol–water partition coefficient (Wildman–Crippen LogP) is 2.25. The number of carbonyl (C=O) groups is 1. The first-order chi connectivity index (χ1) is 9.49. The molecule has 0 saturated heterocycles. The van der Waals surface area contributed by atoms with Gasteiger partial charge in [-0.2, -0.15) is 0 Å². The van der Waals surface area contributed by atoms with Gasteiger partial charge in [0.15, 0.2) is 0 Å². The van der Waals surface area contributed by atoms with Crippen LogP contribution in [0, 0.1) is 5.82 Å². The monoisotopic (exact) mass is 283 g/mol. The van der Waals surface area contributed by atoms with Gasteiger partial charge in [-0.15, -0.1) is 0 Å². The van der Waals surface area contributed by atoms with Gasteiger partial charge in [-0.3, -0.25) is 0 Å². The lowest BCUT2D eigenvalue weighted by molar-refractivity contribution is 0.0698. The van der Waals surface area contributed by atoms with Crippen LogP contribution in [0.2, 0.25) is 0 Å². The van der Waals surface area contributed by atoms with Gasteiger partial charge in [-0.25, -0.2) is 9.18 Å². The average Bonchev–Trinajstić information content (AvgIpc) is 2.39. The van der Waals surface area contributed by atoms with Crippen molar-refractivity contribution in [2.24, 2.45) is 0 Å².